The maximum absolute atomic E-state index is 12.2. The fraction of sp³-hybridized carbons (Fsp3) is 0.346. The third kappa shape index (κ3) is 3.84. The Kier molecular flexibility index (Phi) is 5.30. The van der Waals surface area contributed by atoms with E-state index in [1.54, 1.807) is 0 Å². The Balaban J connectivity index is 1.26. The summed E-state index contributed by atoms with van der Waals surface area (Å²) in [5, 5.41) is 3.40. The molecule has 174 valence electrons. The standard InChI is InChI=1S/C26H27N5O3/c1-17-22-13-25(29-18-11-20(15-27-14-18)30-7-9-33-10-8-30)28-16-23(22)21-5-4-19(12-24(21)34-17)31-6-2-3-26(31)32/h4-5,11-17H,2-3,6-10H2,1H3,(H,28,29). The number of anilines is 4. The van der Waals surface area contributed by atoms with Gasteiger partial charge in [0.05, 0.1) is 37.0 Å². The monoisotopic (exact) mass is 457 g/mol. The summed E-state index contributed by atoms with van der Waals surface area (Å²) in [7, 11) is 0. The number of pyridine rings is 2. The highest BCUT2D eigenvalue weighted by molar-refractivity contribution is 5.96. The van der Waals surface area contributed by atoms with Crippen LogP contribution in [0.15, 0.2) is 48.9 Å². The van der Waals surface area contributed by atoms with Crippen molar-refractivity contribution in [2.75, 3.05) is 48.0 Å². The Morgan fingerprint density at radius 2 is 1.88 bits per heavy atom. The SMILES string of the molecule is CC1Oc2cc(N3CCCC3=O)ccc2-c2cnc(Nc3cncc(N4CCOCC4)c3)cc21. The van der Waals surface area contributed by atoms with Crippen LogP contribution in [0.5, 0.6) is 5.75 Å². The molecule has 0 spiro atoms. The molecule has 0 bridgehead atoms. The first-order valence-electron chi connectivity index (χ1n) is 11.8. The molecule has 2 fully saturated rings. The Morgan fingerprint density at radius 1 is 1.00 bits per heavy atom. The molecule has 1 N–H and O–H groups in total. The molecule has 2 aromatic heterocycles. The van der Waals surface area contributed by atoms with E-state index in [-0.39, 0.29) is 12.0 Å². The van der Waals surface area contributed by atoms with Gasteiger partial charge in [-0.1, -0.05) is 0 Å². The average Bonchev–Trinajstić information content (AvgIpc) is 3.30. The maximum Gasteiger partial charge on any atom is 0.227 e. The molecule has 1 unspecified atom stereocenters. The Hall–Kier alpha value is -3.65. The summed E-state index contributed by atoms with van der Waals surface area (Å²) in [6.07, 6.45) is 6.97. The molecule has 3 aromatic rings. The number of rotatable bonds is 4. The summed E-state index contributed by atoms with van der Waals surface area (Å²) < 4.78 is 11.7. The number of amides is 1. The normalized spacial score (nSPS) is 19.4. The number of benzene rings is 1. The predicted octanol–water partition coefficient (Wildman–Crippen LogP) is 4.30. The number of hydrogen-bond acceptors (Lipinski definition) is 7. The van der Waals surface area contributed by atoms with Crippen molar-refractivity contribution >= 4 is 28.8 Å². The molecule has 3 aliphatic rings. The Bertz CT molecular complexity index is 1240. The topological polar surface area (TPSA) is 79.8 Å². The third-order valence-electron chi connectivity index (χ3n) is 6.69. The number of morpholine rings is 1. The van der Waals surface area contributed by atoms with Gasteiger partial charge in [-0.05, 0) is 37.6 Å². The second-order valence-electron chi connectivity index (χ2n) is 8.90. The van der Waals surface area contributed by atoms with Crippen molar-refractivity contribution in [3.8, 4) is 16.9 Å². The van der Waals surface area contributed by atoms with E-state index >= 15 is 0 Å². The Morgan fingerprint density at radius 3 is 2.71 bits per heavy atom. The highest BCUT2D eigenvalue weighted by Crippen LogP contribution is 2.44. The quantitative estimate of drug-likeness (QED) is 0.626. The zero-order valence-corrected chi connectivity index (χ0v) is 19.2. The first-order chi connectivity index (χ1) is 16.7. The van der Waals surface area contributed by atoms with Crippen molar-refractivity contribution in [3.63, 3.8) is 0 Å². The van der Waals surface area contributed by atoms with Crippen molar-refractivity contribution in [1.82, 2.24) is 9.97 Å². The number of hydrogen-bond donors (Lipinski definition) is 1. The van der Waals surface area contributed by atoms with Crippen molar-refractivity contribution in [2.24, 2.45) is 0 Å². The van der Waals surface area contributed by atoms with Crippen LogP contribution in [0.4, 0.5) is 22.9 Å². The van der Waals surface area contributed by atoms with Gasteiger partial charge in [0.25, 0.3) is 0 Å². The first-order valence-corrected chi connectivity index (χ1v) is 11.8. The minimum atomic E-state index is -0.131. The molecule has 6 rings (SSSR count). The summed E-state index contributed by atoms with van der Waals surface area (Å²) >= 11 is 0. The van der Waals surface area contributed by atoms with Gasteiger partial charge in [0.15, 0.2) is 0 Å². The molecule has 1 amide bonds. The lowest BCUT2D eigenvalue weighted by molar-refractivity contribution is -0.117. The van der Waals surface area contributed by atoms with Gasteiger partial charge in [-0.2, -0.15) is 0 Å². The number of carbonyl (C=O) groups excluding carboxylic acids is 1. The molecule has 8 nitrogen and oxygen atoms in total. The summed E-state index contributed by atoms with van der Waals surface area (Å²) in [5.74, 6) is 1.72. The fourth-order valence-electron chi connectivity index (χ4n) is 4.91. The molecule has 0 aliphatic carbocycles. The van der Waals surface area contributed by atoms with Gasteiger partial charge in [0, 0.05) is 60.7 Å². The van der Waals surface area contributed by atoms with Crippen LogP contribution >= 0.6 is 0 Å². The van der Waals surface area contributed by atoms with Gasteiger partial charge >= 0.3 is 0 Å². The van der Waals surface area contributed by atoms with E-state index in [1.165, 1.54) is 0 Å². The zero-order chi connectivity index (χ0) is 23.1. The molecule has 2 saturated heterocycles. The molecular formula is C26H27N5O3. The second kappa shape index (κ2) is 8.61. The van der Waals surface area contributed by atoms with E-state index in [1.807, 2.05) is 54.7 Å². The lowest BCUT2D eigenvalue weighted by Crippen LogP contribution is -2.36. The summed E-state index contributed by atoms with van der Waals surface area (Å²) in [5.41, 5.74) is 5.99. The minimum Gasteiger partial charge on any atom is -0.485 e. The second-order valence-corrected chi connectivity index (χ2v) is 8.90. The van der Waals surface area contributed by atoms with E-state index in [0.717, 1.165) is 84.6 Å². The smallest absolute Gasteiger partial charge is 0.227 e. The van der Waals surface area contributed by atoms with Crippen molar-refractivity contribution in [2.45, 2.75) is 25.9 Å². The number of aromatic nitrogens is 2. The van der Waals surface area contributed by atoms with Crippen LogP contribution in [0.1, 0.15) is 31.4 Å². The number of nitrogens with zero attached hydrogens (tertiary/aromatic N) is 4. The number of fused-ring (bicyclic) bond motifs is 3. The van der Waals surface area contributed by atoms with Crippen molar-refractivity contribution in [3.05, 3.63) is 54.5 Å². The first kappa shape index (κ1) is 20.9. The van der Waals surface area contributed by atoms with Crippen LogP contribution in [0.2, 0.25) is 0 Å². The summed E-state index contributed by atoms with van der Waals surface area (Å²) in [6.45, 7) is 6.01. The van der Waals surface area contributed by atoms with E-state index in [4.69, 9.17) is 9.47 Å². The van der Waals surface area contributed by atoms with Gasteiger partial charge < -0.3 is 24.6 Å². The number of nitrogens with one attached hydrogen (secondary N) is 1. The molecular weight excluding hydrogens is 430 g/mol. The molecule has 3 aliphatic heterocycles. The van der Waals surface area contributed by atoms with Crippen molar-refractivity contribution < 1.29 is 14.3 Å². The van der Waals surface area contributed by atoms with E-state index in [0.29, 0.717) is 6.42 Å². The highest BCUT2D eigenvalue weighted by atomic mass is 16.5. The Labute approximate surface area is 198 Å². The fourth-order valence-corrected chi connectivity index (χ4v) is 4.91. The number of carbonyl (C=O) groups is 1. The van der Waals surface area contributed by atoms with Crippen LogP contribution in [0.25, 0.3) is 11.1 Å². The van der Waals surface area contributed by atoms with Crippen molar-refractivity contribution in [1.29, 1.82) is 0 Å². The third-order valence-corrected chi connectivity index (χ3v) is 6.69. The lowest BCUT2D eigenvalue weighted by atomic mass is 9.94. The average molecular weight is 458 g/mol. The minimum absolute atomic E-state index is 0.131. The van der Waals surface area contributed by atoms with Crippen LogP contribution in [-0.4, -0.2) is 48.7 Å². The zero-order valence-electron chi connectivity index (χ0n) is 19.2. The van der Waals surface area contributed by atoms with E-state index < -0.39 is 0 Å². The van der Waals surface area contributed by atoms with E-state index in [9.17, 15) is 4.79 Å². The largest absolute Gasteiger partial charge is 0.485 e. The summed E-state index contributed by atoms with van der Waals surface area (Å²) in [6, 6.07) is 10.1. The van der Waals surface area contributed by atoms with Crippen LogP contribution in [0, 0.1) is 0 Å². The molecule has 5 heterocycles. The van der Waals surface area contributed by atoms with Gasteiger partial charge in [-0.25, -0.2) is 4.98 Å². The van der Waals surface area contributed by atoms with Gasteiger partial charge in [0.2, 0.25) is 5.91 Å². The summed E-state index contributed by atoms with van der Waals surface area (Å²) in [4.78, 5) is 25.4. The predicted molar refractivity (Wildman–Crippen MR) is 131 cm³/mol. The van der Waals surface area contributed by atoms with Crippen LogP contribution < -0.4 is 19.9 Å². The molecule has 8 heteroatoms. The van der Waals surface area contributed by atoms with E-state index in [2.05, 4.69) is 26.3 Å². The lowest BCUT2D eigenvalue weighted by Gasteiger charge is -2.29. The molecule has 34 heavy (non-hydrogen) atoms. The van der Waals surface area contributed by atoms with Crippen LogP contribution in [-0.2, 0) is 9.53 Å². The molecule has 0 saturated carbocycles. The molecule has 0 radical (unpaired) electrons. The maximum atomic E-state index is 12.2. The highest BCUT2D eigenvalue weighted by Gasteiger charge is 2.27. The van der Waals surface area contributed by atoms with Gasteiger partial charge in [-0.3, -0.25) is 9.78 Å². The van der Waals surface area contributed by atoms with Gasteiger partial charge in [0.1, 0.15) is 17.7 Å². The molecule has 1 aromatic carbocycles. The van der Waals surface area contributed by atoms with Gasteiger partial charge in [-0.15, -0.1) is 0 Å². The van der Waals surface area contributed by atoms with Crippen LogP contribution in [0.3, 0.4) is 0 Å². The number of ether oxygens (including phenoxy) is 2. The molecule has 1 atom stereocenters.